The van der Waals surface area contributed by atoms with Gasteiger partial charge >= 0.3 is 0 Å². The predicted octanol–water partition coefficient (Wildman–Crippen LogP) is 4.87. The molecule has 4 aromatic rings. The Morgan fingerprint density at radius 3 is 2.44 bits per heavy atom. The van der Waals surface area contributed by atoms with Crippen LogP contribution in [-0.4, -0.2) is 21.1 Å². The van der Waals surface area contributed by atoms with Crippen molar-refractivity contribution in [2.45, 2.75) is 10.8 Å². The standard InChI is InChI=1S/C25H20N2O5S2/c28-25(27-20-10-11-21-22(14-20)32-16-31-21)19-8-6-17(7-9-19)15-26-34(29,30)24-13-12-23(33-24)18-4-2-1-3-5-18/h1-14,26H,15-16H2,(H,27,28). The number of carbonyl (C=O) groups excluding carboxylic acids is 1. The predicted molar refractivity (Wildman–Crippen MR) is 131 cm³/mol. The maximum Gasteiger partial charge on any atom is 0.255 e. The van der Waals surface area contributed by atoms with Gasteiger partial charge in [0.05, 0.1) is 0 Å². The Bertz CT molecular complexity index is 1430. The molecule has 0 atom stereocenters. The van der Waals surface area contributed by atoms with Crippen LogP contribution in [0.4, 0.5) is 5.69 Å². The Labute approximate surface area is 201 Å². The molecule has 34 heavy (non-hydrogen) atoms. The molecule has 5 rings (SSSR count). The fourth-order valence-electron chi connectivity index (χ4n) is 3.42. The van der Waals surface area contributed by atoms with Gasteiger partial charge in [0.2, 0.25) is 16.8 Å². The number of nitrogens with one attached hydrogen (secondary N) is 2. The zero-order valence-corrected chi connectivity index (χ0v) is 19.5. The number of benzene rings is 3. The molecule has 0 spiro atoms. The van der Waals surface area contributed by atoms with Gasteiger partial charge in [-0.05, 0) is 47.5 Å². The first kappa shape index (κ1) is 22.1. The van der Waals surface area contributed by atoms with Crippen LogP contribution in [0.2, 0.25) is 0 Å². The lowest BCUT2D eigenvalue weighted by molar-refractivity contribution is 0.102. The fraction of sp³-hybridized carbons (Fsp3) is 0.0800. The van der Waals surface area contributed by atoms with Crippen molar-refractivity contribution in [2.24, 2.45) is 0 Å². The van der Waals surface area contributed by atoms with Crippen LogP contribution in [0.1, 0.15) is 15.9 Å². The minimum atomic E-state index is -3.65. The third-order valence-corrected chi connectivity index (χ3v) is 8.24. The zero-order valence-electron chi connectivity index (χ0n) is 17.9. The molecule has 1 aromatic heterocycles. The molecule has 1 aliphatic heterocycles. The largest absolute Gasteiger partial charge is 0.454 e. The van der Waals surface area contributed by atoms with Gasteiger partial charge in [0.25, 0.3) is 5.91 Å². The molecule has 1 aliphatic rings. The van der Waals surface area contributed by atoms with E-state index >= 15 is 0 Å². The molecule has 2 heterocycles. The Morgan fingerprint density at radius 1 is 0.882 bits per heavy atom. The van der Waals surface area contributed by atoms with Crippen molar-refractivity contribution >= 4 is 33.0 Å². The molecule has 0 unspecified atom stereocenters. The third kappa shape index (κ3) is 4.81. The highest BCUT2D eigenvalue weighted by Gasteiger charge is 2.18. The van der Waals surface area contributed by atoms with Crippen molar-refractivity contribution in [3.63, 3.8) is 0 Å². The van der Waals surface area contributed by atoms with Crippen molar-refractivity contribution in [2.75, 3.05) is 12.1 Å². The Kier molecular flexibility index (Phi) is 6.06. The van der Waals surface area contributed by atoms with E-state index in [0.29, 0.717) is 22.7 Å². The monoisotopic (exact) mass is 492 g/mol. The van der Waals surface area contributed by atoms with Gasteiger partial charge in [0.15, 0.2) is 11.5 Å². The first-order chi connectivity index (χ1) is 16.5. The van der Waals surface area contributed by atoms with Crippen LogP contribution in [0.5, 0.6) is 11.5 Å². The second kappa shape index (κ2) is 9.30. The van der Waals surface area contributed by atoms with Crippen LogP contribution in [0.15, 0.2) is 89.1 Å². The number of ether oxygens (including phenoxy) is 2. The van der Waals surface area contributed by atoms with Gasteiger partial charge < -0.3 is 14.8 Å². The van der Waals surface area contributed by atoms with Gasteiger partial charge in [-0.3, -0.25) is 4.79 Å². The van der Waals surface area contributed by atoms with Crippen molar-refractivity contribution in [1.29, 1.82) is 0 Å². The highest BCUT2D eigenvalue weighted by Crippen LogP contribution is 2.34. The minimum absolute atomic E-state index is 0.116. The highest BCUT2D eigenvalue weighted by molar-refractivity contribution is 7.91. The molecule has 2 N–H and O–H groups in total. The maximum atomic E-state index is 12.7. The number of anilines is 1. The molecule has 0 radical (unpaired) electrons. The first-order valence-electron chi connectivity index (χ1n) is 10.4. The lowest BCUT2D eigenvalue weighted by atomic mass is 10.1. The number of hydrogen-bond donors (Lipinski definition) is 2. The summed E-state index contributed by atoms with van der Waals surface area (Å²) < 4.78 is 38.9. The normalized spacial score (nSPS) is 12.5. The summed E-state index contributed by atoms with van der Waals surface area (Å²) in [5.41, 5.74) is 2.76. The van der Waals surface area contributed by atoms with E-state index in [-0.39, 0.29) is 23.5 Å². The van der Waals surface area contributed by atoms with E-state index < -0.39 is 10.0 Å². The number of sulfonamides is 1. The lowest BCUT2D eigenvalue weighted by Gasteiger charge is -2.08. The van der Waals surface area contributed by atoms with Crippen molar-refractivity contribution in [3.05, 3.63) is 96.1 Å². The molecule has 7 nitrogen and oxygen atoms in total. The van der Waals surface area contributed by atoms with Crippen LogP contribution in [0.25, 0.3) is 10.4 Å². The van der Waals surface area contributed by atoms with Gasteiger partial charge in [-0.15, -0.1) is 11.3 Å². The van der Waals surface area contributed by atoms with Crippen molar-refractivity contribution in [1.82, 2.24) is 4.72 Å². The average Bonchev–Trinajstić information content (AvgIpc) is 3.54. The number of thiophene rings is 1. The number of rotatable bonds is 7. The first-order valence-corrected chi connectivity index (χ1v) is 12.7. The van der Waals surface area contributed by atoms with Crippen molar-refractivity contribution < 1.29 is 22.7 Å². The molecular weight excluding hydrogens is 472 g/mol. The summed E-state index contributed by atoms with van der Waals surface area (Å²) in [6.45, 7) is 0.281. The summed E-state index contributed by atoms with van der Waals surface area (Å²) in [5, 5.41) is 2.82. The molecule has 0 aliphatic carbocycles. The summed E-state index contributed by atoms with van der Waals surface area (Å²) in [6, 6.07) is 25.0. The summed E-state index contributed by atoms with van der Waals surface area (Å²) in [7, 11) is -3.65. The molecular formula is C25H20N2O5S2. The summed E-state index contributed by atoms with van der Waals surface area (Å²) in [5.74, 6) is 0.948. The molecule has 0 saturated carbocycles. The Balaban J connectivity index is 1.20. The average molecular weight is 493 g/mol. The van der Waals surface area contributed by atoms with E-state index in [2.05, 4.69) is 10.0 Å². The van der Waals surface area contributed by atoms with Crippen molar-refractivity contribution in [3.8, 4) is 21.9 Å². The lowest BCUT2D eigenvalue weighted by Crippen LogP contribution is -2.22. The van der Waals surface area contributed by atoms with E-state index in [0.717, 1.165) is 16.0 Å². The molecule has 3 aromatic carbocycles. The summed E-state index contributed by atoms with van der Waals surface area (Å²) in [6.07, 6.45) is 0. The second-order valence-electron chi connectivity index (χ2n) is 7.53. The Hall–Kier alpha value is -3.66. The smallest absolute Gasteiger partial charge is 0.255 e. The quantitative estimate of drug-likeness (QED) is 0.384. The van der Waals surface area contributed by atoms with Gasteiger partial charge in [-0.1, -0.05) is 42.5 Å². The molecule has 0 saturated heterocycles. The summed E-state index contributed by atoms with van der Waals surface area (Å²) in [4.78, 5) is 13.4. The number of amides is 1. The van der Waals surface area contributed by atoms with Gasteiger partial charge in [-0.2, -0.15) is 0 Å². The topological polar surface area (TPSA) is 93.7 Å². The molecule has 1 amide bonds. The second-order valence-corrected chi connectivity index (χ2v) is 10.6. The van der Waals surface area contributed by atoms with Crippen LogP contribution in [-0.2, 0) is 16.6 Å². The van der Waals surface area contributed by atoms with E-state index in [1.54, 1.807) is 48.5 Å². The molecule has 0 fully saturated rings. The number of fused-ring (bicyclic) bond motifs is 1. The summed E-state index contributed by atoms with van der Waals surface area (Å²) >= 11 is 1.22. The number of hydrogen-bond acceptors (Lipinski definition) is 6. The van der Waals surface area contributed by atoms with E-state index in [9.17, 15) is 13.2 Å². The fourth-order valence-corrected chi connectivity index (χ4v) is 5.80. The van der Waals surface area contributed by atoms with Crippen LogP contribution in [0.3, 0.4) is 0 Å². The number of carbonyl (C=O) groups is 1. The molecule has 9 heteroatoms. The SMILES string of the molecule is O=C(Nc1ccc2c(c1)OCO2)c1ccc(CNS(=O)(=O)c2ccc(-c3ccccc3)s2)cc1. The Morgan fingerprint density at radius 2 is 1.65 bits per heavy atom. The van der Waals surface area contributed by atoms with Crippen LogP contribution < -0.4 is 19.5 Å². The third-order valence-electron chi connectivity index (χ3n) is 5.22. The van der Waals surface area contributed by atoms with E-state index in [4.69, 9.17) is 9.47 Å². The molecule has 172 valence electrons. The van der Waals surface area contributed by atoms with Gasteiger partial charge in [0, 0.05) is 28.7 Å². The highest BCUT2D eigenvalue weighted by atomic mass is 32.2. The minimum Gasteiger partial charge on any atom is -0.454 e. The van der Waals surface area contributed by atoms with E-state index in [1.165, 1.54) is 11.3 Å². The van der Waals surface area contributed by atoms with Crippen LogP contribution in [0, 0.1) is 0 Å². The van der Waals surface area contributed by atoms with Crippen LogP contribution >= 0.6 is 11.3 Å². The van der Waals surface area contributed by atoms with Gasteiger partial charge in [0.1, 0.15) is 4.21 Å². The van der Waals surface area contributed by atoms with E-state index in [1.807, 2.05) is 36.4 Å². The van der Waals surface area contributed by atoms with Gasteiger partial charge in [-0.25, -0.2) is 13.1 Å². The molecule has 0 bridgehead atoms. The zero-order chi connectivity index (χ0) is 23.5. The maximum absolute atomic E-state index is 12.7.